The van der Waals surface area contributed by atoms with Crippen molar-refractivity contribution < 1.29 is 13.7 Å². The largest absolute Gasteiger partial charge is 0.436 e. The molecule has 0 unspecified atom stereocenters. The lowest BCUT2D eigenvalue weighted by atomic mass is 10.2. The smallest absolute Gasteiger partial charge is 0.271 e. The van der Waals surface area contributed by atoms with Crippen molar-refractivity contribution in [3.8, 4) is 11.5 Å². The van der Waals surface area contributed by atoms with E-state index in [1.165, 1.54) is 30.3 Å². The van der Waals surface area contributed by atoms with Gasteiger partial charge in [0.2, 0.25) is 5.89 Å². The molecule has 0 amide bonds. The van der Waals surface area contributed by atoms with E-state index in [-0.39, 0.29) is 11.6 Å². The second-order valence-electron chi connectivity index (χ2n) is 3.94. The molecule has 2 aromatic carbocycles. The van der Waals surface area contributed by atoms with Crippen LogP contribution in [-0.2, 0) is 0 Å². The molecular formula is C13H7FN2O3. The van der Waals surface area contributed by atoms with Crippen molar-refractivity contribution in [1.29, 1.82) is 0 Å². The van der Waals surface area contributed by atoms with Gasteiger partial charge < -0.3 is 4.42 Å². The average Bonchev–Trinajstić information content (AvgIpc) is 2.81. The van der Waals surface area contributed by atoms with E-state index in [1.807, 2.05) is 0 Å². The molecule has 0 atom stereocenters. The van der Waals surface area contributed by atoms with Crippen molar-refractivity contribution in [3.05, 3.63) is 58.4 Å². The van der Waals surface area contributed by atoms with Crippen LogP contribution in [0.4, 0.5) is 10.1 Å². The van der Waals surface area contributed by atoms with Gasteiger partial charge in [0.15, 0.2) is 5.58 Å². The maximum absolute atomic E-state index is 13.1. The van der Waals surface area contributed by atoms with Crippen molar-refractivity contribution in [2.24, 2.45) is 0 Å². The van der Waals surface area contributed by atoms with E-state index in [0.29, 0.717) is 16.7 Å². The summed E-state index contributed by atoms with van der Waals surface area (Å²) < 4.78 is 18.6. The van der Waals surface area contributed by atoms with Gasteiger partial charge in [-0.1, -0.05) is 6.07 Å². The summed E-state index contributed by atoms with van der Waals surface area (Å²) >= 11 is 0. The zero-order valence-corrected chi connectivity index (χ0v) is 9.54. The minimum absolute atomic E-state index is 0.0633. The predicted octanol–water partition coefficient (Wildman–Crippen LogP) is 3.54. The predicted molar refractivity (Wildman–Crippen MR) is 66.1 cm³/mol. The van der Waals surface area contributed by atoms with Gasteiger partial charge in [0.25, 0.3) is 5.69 Å². The molecule has 0 radical (unpaired) electrons. The lowest BCUT2D eigenvalue weighted by Crippen LogP contribution is -1.86. The van der Waals surface area contributed by atoms with Gasteiger partial charge in [-0.15, -0.1) is 0 Å². The highest BCUT2D eigenvalue weighted by atomic mass is 19.1. The number of nitro benzene ring substituents is 1. The molecule has 0 saturated carbocycles. The molecule has 19 heavy (non-hydrogen) atoms. The molecule has 0 N–H and O–H groups in total. The molecule has 0 spiro atoms. The Morgan fingerprint density at radius 2 is 2.05 bits per heavy atom. The van der Waals surface area contributed by atoms with Crippen molar-refractivity contribution >= 4 is 16.8 Å². The second kappa shape index (κ2) is 4.16. The van der Waals surface area contributed by atoms with Crippen LogP contribution in [0.5, 0.6) is 0 Å². The normalized spacial score (nSPS) is 10.8. The molecule has 5 nitrogen and oxygen atoms in total. The van der Waals surface area contributed by atoms with Gasteiger partial charge in [0.1, 0.15) is 11.3 Å². The van der Waals surface area contributed by atoms with Gasteiger partial charge in [0.05, 0.1) is 4.92 Å². The number of oxazole rings is 1. The molecule has 3 aromatic rings. The fraction of sp³-hybridized carbons (Fsp3) is 0. The van der Waals surface area contributed by atoms with E-state index in [4.69, 9.17) is 4.42 Å². The molecule has 94 valence electrons. The monoisotopic (exact) mass is 258 g/mol. The maximum Gasteiger partial charge on any atom is 0.271 e. The van der Waals surface area contributed by atoms with Gasteiger partial charge >= 0.3 is 0 Å². The molecule has 0 bridgehead atoms. The fourth-order valence-corrected chi connectivity index (χ4v) is 1.77. The molecule has 0 aliphatic rings. The van der Waals surface area contributed by atoms with Crippen LogP contribution in [0.1, 0.15) is 0 Å². The second-order valence-corrected chi connectivity index (χ2v) is 3.94. The molecule has 0 aliphatic heterocycles. The van der Waals surface area contributed by atoms with Gasteiger partial charge in [0, 0.05) is 17.7 Å². The highest BCUT2D eigenvalue weighted by Gasteiger charge is 2.12. The third-order valence-electron chi connectivity index (χ3n) is 2.65. The van der Waals surface area contributed by atoms with Crippen LogP contribution >= 0.6 is 0 Å². The summed E-state index contributed by atoms with van der Waals surface area (Å²) in [6.45, 7) is 0. The van der Waals surface area contributed by atoms with E-state index in [2.05, 4.69) is 4.98 Å². The number of benzene rings is 2. The summed E-state index contributed by atoms with van der Waals surface area (Å²) in [6.07, 6.45) is 0. The zero-order chi connectivity index (χ0) is 13.4. The Labute approximate surface area is 106 Å². The van der Waals surface area contributed by atoms with Crippen LogP contribution < -0.4 is 0 Å². The number of hydrogen-bond donors (Lipinski definition) is 0. The Balaban J connectivity index is 2.14. The standard InChI is InChI=1S/C13H7FN2O3/c14-9-3-1-2-8(6-9)13-15-11-7-10(16(17)18)4-5-12(11)19-13/h1-7H. The summed E-state index contributed by atoms with van der Waals surface area (Å²) in [5.74, 6) is -0.166. The Bertz CT molecular complexity index is 782. The first kappa shape index (κ1) is 11.3. The third-order valence-corrected chi connectivity index (χ3v) is 2.65. The summed E-state index contributed by atoms with van der Waals surface area (Å²) in [5.41, 5.74) is 1.21. The number of nitro groups is 1. The zero-order valence-electron chi connectivity index (χ0n) is 9.54. The van der Waals surface area contributed by atoms with E-state index in [9.17, 15) is 14.5 Å². The van der Waals surface area contributed by atoms with E-state index < -0.39 is 10.7 Å². The molecule has 1 aromatic heterocycles. The highest BCUT2D eigenvalue weighted by Crippen LogP contribution is 2.27. The number of hydrogen-bond acceptors (Lipinski definition) is 4. The lowest BCUT2D eigenvalue weighted by Gasteiger charge is -1.93. The van der Waals surface area contributed by atoms with Crippen LogP contribution in [0.2, 0.25) is 0 Å². The third kappa shape index (κ3) is 2.03. The topological polar surface area (TPSA) is 69.2 Å². The molecule has 0 saturated heterocycles. The van der Waals surface area contributed by atoms with E-state index >= 15 is 0 Å². The summed E-state index contributed by atoms with van der Waals surface area (Å²) in [4.78, 5) is 14.3. The van der Waals surface area contributed by atoms with Gasteiger partial charge in [-0.25, -0.2) is 9.37 Å². The number of non-ortho nitro benzene ring substituents is 1. The quantitative estimate of drug-likeness (QED) is 0.520. The number of rotatable bonds is 2. The molecule has 6 heteroatoms. The number of halogens is 1. The Kier molecular flexibility index (Phi) is 2.49. The van der Waals surface area contributed by atoms with Crippen molar-refractivity contribution in [1.82, 2.24) is 4.98 Å². The van der Waals surface area contributed by atoms with Crippen molar-refractivity contribution in [3.63, 3.8) is 0 Å². The molecule has 1 heterocycles. The lowest BCUT2D eigenvalue weighted by molar-refractivity contribution is -0.384. The molecule has 0 fully saturated rings. The molecule has 3 rings (SSSR count). The summed E-state index contributed by atoms with van der Waals surface area (Å²) in [6, 6.07) is 9.94. The SMILES string of the molecule is O=[N+]([O-])c1ccc2oc(-c3cccc(F)c3)nc2c1. The van der Waals surface area contributed by atoms with Crippen LogP contribution in [-0.4, -0.2) is 9.91 Å². The fourth-order valence-electron chi connectivity index (χ4n) is 1.77. The van der Waals surface area contributed by atoms with E-state index in [1.54, 1.807) is 12.1 Å². The number of nitrogens with zero attached hydrogens (tertiary/aromatic N) is 2. The number of aromatic nitrogens is 1. The van der Waals surface area contributed by atoms with Crippen LogP contribution in [0.25, 0.3) is 22.6 Å². The van der Waals surface area contributed by atoms with Crippen LogP contribution in [0.3, 0.4) is 0 Å². The maximum atomic E-state index is 13.1. The van der Waals surface area contributed by atoms with Gasteiger partial charge in [-0.2, -0.15) is 0 Å². The van der Waals surface area contributed by atoms with E-state index in [0.717, 1.165) is 0 Å². The van der Waals surface area contributed by atoms with Crippen LogP contribution in [0.15, 0.2) is 46.9 Å². The minimum Gasteiger partial charge on any atom is -0.436 e. The Morgan fingerprint density at radius 1 is 1.21 bits per heavy atom. The van der Waals surface area contributed by atoms with Crippen LogP contribution in [0, 0.1) is 15.9 Å². The Hall–Kier alpha value is -2.76. The first-order valence-corrected chi connectivity index (χ1v) is 5.44. The average molecular weight is 258 g/mol. The minimum atomic E-state index is -0.504. The molecule has 0 aliphatic carbocycles. The summed E-state index contributed by atoms with van der Waals surface area (Å²) in [7, 11) is 0. The van der Waals surface area contributed by atoms with Crippen molar-refractivity contribution in [2.75, 3.05) is 0 Å². The number of fused-ring (bicyclic) bond motifs is 1. The highest BCUT2D eigenvalue weighted by molar-refractivity contribution is 5.78. The molecular weight excluding hydrogens is 251 g/mol. The summed E-state index contributed by atoms with van der Waals surface area (Å²) in [5, 5.41) is 10.7. The first-order valence-electron chi connectivity index (χ1n) is 5.44. The van der Waals surface area contributed by atoms with Gasteiger partial charge in [-0.05, 0) is 24.3 Å². The van der Waals surface area contributed by atoms with Crippen molar-refractivity contribution in [2.45, 2.75) is 0 Å². The Morgan fingerprint density at radius 3 is 2.79 bits per heavy atom. The first-order chi connectivity index (χ1) is 9.13. The van der Waals surface area contributed by atoms with Gasteiger partial charge in [-0.3, -0.25) is 10.1 Å².